The molecule has 0 saturated heterocycles. The predicted molar refractivity (Wildman–Crippen MR) is 143 cm³/mol. The van der Waals surface area contributed by atoms with Gasteiger partial charge in [0.05, 0.1) is 7.11 Å². The molecular formula is C28H37N3O8. The molecule has 0 aliphatic heterocycles. The number of aromatic hydroxyl groups is 2. The lowest BCUT2D eigenvalue weighted by Gasteiger charge is -2.30. The van der Waals surface area contributed by atoms with Gasteiger partial charge in [-0.25, -0.2) is 9.59 Å². The maximum atomic E-state index is 13.3. The summed E-state index contributed by atoms with van der Waals surface area (Å²) in [5.74, 6) is -1.91. The summed E-state index contributed by atoms with van der Waals surface area (Å²) >= 11 is 0. The van der Waals surface area contributed by atoms with Crippen molar-refractivity contribution in [1.29, 1.82) is 0 Å². The molecule has 0 unspecified atom stereocenters. The Labute approximate surface area is 227 Å². The van der Waals surface area contributed by atoms with Gasteiger partial charge >= 0.3 is 12.1 Å². The summed E-state index contributed by atoms with van der Waals surface area (Å²) in [5, 5.41) is 26.8. The molecule has 0 aliphatic rings. The molecule has 0 bridgehead atoms. The number of ether oxygens (including phenoxy) is 2. The molecule has 212 valence electrons. The highest BCUT2D eigenvalue weighted by molar-refractivity contribution is 5.95. The van der Waals surface area contributed by atoms with Crippen molar-refractivity contribution in [2.24, 2.45) is 0 Å². The minimum atomic E-state index is -1.50. The third kappa shape index (κ3) is 10.2. The fraction of sp³-hybridized carbons (Fsp3) is 0.429. The van der Waals surface area contributed by atoms with Crippen LogP contribution in [0.2, 0.25) is 0 Å². The first kappa shape index (κ1) is 30.9. The molecule has 3 amide bonds. The van der Waals surface area contributed by atoms with Crippen LogP contribution in [0.4, 0.5) is 4.79 Å². The predicted octanol–water partition coefficient (Wildman–Crippen LogP) is 2.33. The first-order valence-electron chi connectivity index (χ1n) is 12.4. The van der Waals surface area contributed by atoms with E-state index in [4.69, 9.17) is 9.47 Å². The average molecular weight is 544 g/mol. The highest BCUT2D eigenvalue weighted by Gasteiger charge is 2.36. The lowest BCUT2D eigenvalue weighted by molar-refractivity contribution is -0.146. The minimum Gasteiger partial charge on any atom is -0.508 e. The van der Waals surface area contributed by atoms with Crippen LogP contribution in [-0.2, 0) is 36.7 Å². The van der Waals surface area contributed by atoms with Gasteiger partial charge in [-0.1, -0.05) is 24.3 Å². The molecule has 0 radical (unpaired) electrons. The van der Waals surface area contributed by atoms with Gasteiger partial charge < -0.3 is 35.6 Å². The molecule has 11 heteroatoms. The first-order chi connectivity index (χ1) is 18.1. The summed E-state index contributed by atoms with van der Waals surface area (Å²) in [7, 11) is 1.20. The molecule has 0 heterocycles. The normalized spacial score (nSPS) is 13.0. The van der Waals surface area contributed by atoms with Crippen molar-refractivity contribution < 1.29 is 38.9 Å². The number of phenols is 2. The molecule has 0 fully saturated rings. The van der Waals surface area contributed by atoms with E-state index in [0.717, 1.165) is 0 Å². The number of hydrogen-bond donors (Lipinski definition) is 5. The van der Waals surface area contributed by atoms with Crippen LogP contribution in [0.1, 0.15) is 45.7 Å². The van der Waals surface area contributed by atoms with Gasteiger partial charge in [-0.15, -0.1) is 0 Å². The highest BCUT2D eigenvalue weighted by Crippen LogP contribution is 2.15. The Morgan fingerprint density at radius 1 is 0.769 bits per heavy atom. The second-order valence-corrected chi connectivity index (χ2v) is 10.6. The maximum absolute atomic E-state index is 13.3. The lowest BCUT2D eigenvalue weighted by atomic mass is 9.99. The van der Waals surface area contributed by atoms with Crippen LogP contribution < -0.4 is 16.0 Å². The number of benzene rings is 2. The number of nitrogens with one attached hydrogen (secondary N) is 3. The van der Waals surface area contributed by atoms with E-state index < -0.39 is 47.1 Å². The third-order valence-corrected chi connectivity index (χ3v) is 5.55. The summed E-state index contributed by atoms with van der Waals surface area (Å²) in [6.07, 6.45) is -0.676. The number of hydrogen-bond acceptors (Lipinski definition) is 8. The number of alkyl carbamates (subject to hydrolysis) is 1. The lowest BCUT2D eigenvalue weighted by Crippen LogP contribution is -2.61. The third-order valence-electron chi connectivity index (χ3n) is 5.55. The summed E-state index contributed by atoms with van der Waals surface area (Å²) in [6.45, 7) is 7.97. The van der Waals surface area contributed by atoms with Crippen LogP contribution in [0.25, 0.3) is 0 Å². The minimum absolute atomic E-state index is 0.0464. The van der Waals surface area contributed by atoms with Crippen molar-refractivity contribution in [2.75, 3.05) is 7.11 Å². The fourth-order valence-electron chi connectivity index (χ4n) is 3.52. The van der Waals surface area contributed by atoms with E-state index in [1.807, 2.05) is 0 Å². The van der Waals surface area contributed by atoms with Crippen LogP contribution in [0.5, 0.6) is 11.5 Å². The van der Waals surface area contributed by atoms with Crippen molar-refractivity contribution in [2.45, 2.75) is 70.7 Å². The molecule has 11 nitrogen and oxygen atoms in total. The number of carbonyl (C=O) groups is 4. The topological polar surface area (TPSA) is 163 Å². The molecule has 2 aromatic rings. The van der Waals surface area contributed by atoms with Crippen molar-refractivity contribution in [3.8, 4) is 11.5 Å². The van der Waals surface area contributed by atoms with E-state index >= 15 is 0 Å². The standard InChI is InChI=1S/C28H37N3O8/c1-27(2,3)39-26(37)30-21(15-17-7-11-19(32)12-8-17)23(34)31-28(4,5)25(36)29-22(24(35)38-6)16-18-9-13-20(33)14-10-18/h7-14,21-22,32-33H,15-16H2,1-6H3,(H,29,36)(H,30,37)(H,31,34)/t21-,22-/m0/s1. The van der Waals surface area contributed by atoms with Crippen LogP contribution in [-0.4, -0.2) is 64.4 Å². The van der Waals surface area contributed by atoms with Crippen LogP contribution in [0.15, 0.2) is 48.5 Å². The number of rotatable bonds is 10. The number of carbonyl (C=O) groups excluding carboxylic acids is 4. The van der Waals surface area contributed by atoms with Crippen molar-refractivity contribution in [1.82, 2.24) is 16.0 Å². The quantitative estimate of drug-likeness (QED) is 0.285. The smallest absolute Gasteiger partial charge is 0.408 e. The Kier molecular flexibility index (Phi) is 10.3. The molecule has 5 N–H and O–H groups in total. The van der Waals surface area contributed by atoms with Gasteiger partial charge in [-0.2, -0.15) is 0 Å². The van der Waals surface area contributed by atoms with Crippen LogP contribution in [0.3, 0.4) is 0 Å². The van der Waals surface area contributed by atoms with Crippen molar-refractivity contribution in [3.05, 3.63) is 59.7 Å². The monoisotopic (exact) mass is 543 g/mol. The number of esters is 1. The number of phenolic OH excluding ortho intramolecular Hbond substituents is 2. The molecule has 0 aliphatic carbocycles. The Bertz CT molecular complexity index is 1150. The fourth-order valence-corrected chi connectivity index (χ4v) is 3.52. The van der Waals surface area contributed by atoms with E-state index in [9.17, 15) is 29.4 Å². The van der Waals surface area contributed by atoms with Gasteiger partial charge in [-0.05, 0) is 70.0 Å². The van der Waals surface area contributed by atoms with Gasteiger partial charge in [0, 0.05) is 12.8 Å². The Balaban J connectivity index is 2.18. The Hall–Kier alpha value is -4.28. The van der Waals surface area contributed by atoms with Crippen molar-refractivity contribution in [3.63, 3.8) is 0 Å². The van der Waals surface area contributed by atoms with Gasteiger partial charge in [-0.3, -0.25) is 9.59 Å². The second-order valence-electron chi connectivity index (χ2n) is 10.6. The molecule has 0 saturated carbocycles. The first-order valence-corrected chi connectivity index (χ1v) is 12.4. The molecule has 0 aromatic heterocycles. The van der Waals surface area contributed by atoms with Crippen LogP contribution in [0, 0.1) is 0 Å². The van der Waals surface area contributed by atoms with E-state index in [2.05, 4.69) is 16.0 Å². The summed E-state index contributed by atoms with van der Waals surface area (Å²) in [6, 6.07) is 10.1. The molecular weight excluding hydrogens is 506 g/mol. The summed E-state index contributed by atoms with van der Waals surface area (Å²) in [4.78, 5) is 51.4. The zero-order valence-corrected chi connectivity index (χ0v) is 23.0. The summed E-state index contributed by atoms with van der Waals surface area (Å²) in [5.41, 5.74) is -0.989. The molecule has 2 aromatic carbocycles. The van der Waals surface area contributed by atoms with E-state index in [-0.39, 0.29) is 24.3 Å². The molecule has 2 atom stereocenters. The zero-order chi connectivity index (χ0) is 29.4. The number of methoxy groups -OCH3 is 1. The van der Waals surface area contributed by atoms with Crippen LogP contribution >= 0.6 is 0 Å². The molecule has 0 spiro atoms. The van der Waals surface area contributed by atoms with Gasteiger partial charge in [0.2, 0.25) is 11.8 Å². The maximum Gasteiger partial charge on any atom is 0.408 e. The van der Waals surface area contributed by atoms with Gasteiger partial charge in [0.15, 0.2) is 0 Å². The Morgan fingerprint density at radius 2 is 1.23 bits per heavy atom. The van der Waals surface area contributed by atoms with E-state index in [1.54, 1.807) is 45.0 Å². The summed E-state index contributed by atoms with van der Waals surface area (Å²) < 4.78 is 10.1. The van der Waals surface area contributed by atoms with Gasteiger partial charge in [0.1, 0.15) is 34.7 Å². The number of amides is 3. The SMILES string of the molecule is COC(=O)[C@H](Cc1ccc(O)cc1)NC(=O)C(C)(C)NC(=O)[C@H](Cc1ccc(O)cc1)NC(=O)OC(C)(C)C. The second kappa shape index (κ2) is 13.0. The molecule has 39 heavy (non-hydrogen) atoms. The van der Waals surface area contributed by atoms with Crippen molar-refractivity contribution >= 4 is 23.9 Å². The molecule has 2 rings (SSSR count). The van der Waals surface area contributed by atoms with E-state index in [0.29, 0.717) is 11.1 Å². The average Bonchev–Trinajstić information content (AvgIpc) is 2.83. The largest absolute Gasteiger partial charge is 0.508 e. The zero-order valence-electron chi connectivity index (χ0n) is 23.0. The van der Waals surface area contributed by atoms with Gasteiger partial charge in [0.25, 0.3) is 0 Å². The Morgan fingerprint density at radius 3 is 1.67 bits per heavy atom. The highest BCUT2D eigenvalue weighted by atomic mass is 16.6. The van der Waals surface area contributed by atoms with E-state index in [1.165, 1.54) is 45.2 Å².